The molecule has 0 bridgehead atoms. The van der Waals surface area contributed by atoms with Gasteiger partial charge in [-0.3, -0.25) is 0 Å². The molecule has 1 rings (SSSR count). The Morgan fingerprint density at radius 1 is 1.53 bits per heavy atom. The van der Waals surface area contributed by atoms with Crippen LogP contribution in [-0.2, 0) is 9.47 Å². The van der Waals surface area contributed by atoms with E-state index in [2.05, 4.69) is 10.1 Å². The van der Waals surface area contributed by atoms with Crippen LogP contribution in [0, 0.1) is 0 Å². The maximum Gasteiger partial charge on any atom is 0.186 e. The second kappa shape index (κ2) is 5.65. The van der Waals surface area contributed by atoms with Crippen molar-refractivity contribution < 1.29 is 14.7 Å². The molecule has 0 saturated carbocycles. The number of pyridine rings is 1. The summed E-state index contributed by atoms with van der Waals surface area (Å²) in [6.45, 7) is 0. The number of nitrogens with zero attached hydrogens (tertiary/aromatic N) is 2. The summed E-state index contributed by atoms with van der Waals surface area (Å²) in [6.07, 6.45) is 2.11. The quantitative estimate of drug-likeness (QED) is 0.282. The lowest BCUT2D eigenvalue weighted by molar-refractivity contribution is -0.106. The van der Waals surface area contributed by atoms with Gasteiger partial charge in [-0.2, -0.15) is 0 Å². The van der Waals surface area contributed by atoms with Crippen molar-refractivity contribution in [3.05, 3.63) is 28.5 Å². The first-order valence-corrected chi connectivity index (χ1v) is 4.49. The molecule has 0 saturated heterocycles. The molecule has 0 fully saturated rings. The fourth-order valence-corrected chi connectivity index (χ4v) is 1.46. The molecule has 0 radical (unpaired) electrons. The minimum Gasteiger partial charge on any atom is -0.411 e. The molecule has 6 heteroatoms. The lowest BCUT2D eigenvalue weighted by atomic mass is 10.1. The van der Waals surface area contributed by atoms with E-state index in [9.17, 15) is 0 Å². The number of hydrogen-bond donors (Lipinski definition) is 1. The van der Waals surface area contributed by atoms with Crippen LogP contribution < -0.4 is 0 Å². The minimum absolute atomic E-state index is 0.251. The van der Waals surface area contributed by atoms with Crippen LogP contribution in [0.3, 0.4) is 0 Å². The molecule has 0 aromatic carbocycles. The zero-order valence-electron chi connectivity index (χ0n) is 8.35. The summed E-state index contributed by atoms with van der Waals surface area (Å²) in [7, 11) is 2.97. The Morgan fingerprint density at radius 3 is 2.73 bits per heavy atom. The number of oxime groups is 1. The molecule has 0 amide bonds. The van der Waals surface area contributed by atoms with Crippen LogP contribution in [0.15, 0.2) is 17.4 Å². The smallest absolute Gasteiger partial charge is 0.186 e. The third-order valence-electron chi connectivity index (χ3n) is 1.84. The SMILES string of the molecule is COC(OC)c1c(C=NO)ccnc1Cl. The van der Waals surface area contributed by atoms with Gasteiger partial charge in [0.25, 0.3) is 0 Å². The number of rotatable bonds is 4. The fourth-order valence-electron chi connectivity index (χ4n) is 1.20. The zero-order valence-corrected chi connectivity index (χ0v) is 9.10. The predicted octanol–water partition coefficient (Wildman–Crippen LogP) is 1.83. The van der Waals surface area contributed by atoms with E-state index in [4.69, 9.17) is 26.3 Å². The molecule has 0 aliphatic carbocycles. The van der Waals surface area contributed by atoms with Gasteiger partial charge in [-0.15, -0.1) is 0 Å². The molecule has 1 aromatic rings. The summed E-state index contributed by atoms with van der Waals surface area (Å²) in [6, 6.07) is 1.64. The lowest BCUT2D eigenvalue weighted by Gasteiger charge is -2.16. The lowest BCUT2D eigenvalue weighted by Crippen LogP contribution is -2.08. The molecular formula is C9H11ClN2O3. The molecular weight excluding hydrogens is 220 g/mol. The maximum atomic E-state index is 8.49. The average Bonchev–Trinajstić information content (AvgIpc) is 2.24. The molecule has 0 spiro atoms. The molecule has 1 N–H and O–H groups in total. The van der Waals surface area contributed by atoms with E-state index in [1.807, 2.05) is 0 Å². The van der Waals surface area contributed by atoms with Crippen LogP contribution in [0.2, 0.25) is 5.15 Å². The normalized spacial score (nSPS) is 11.5. The molecule has 0 unspecified atom stereocenters. The van der Waals surface area contributed by atoms with Crippen LogP contribution >= 0.6 is 11.6 Å². The van der Waals surface area contributed by atoms with Crippen LogP contribution in [0.4, 0.5) is 0 Å². The van der Waals surface area contributed by atoms with Crippen molar-refractivity contribution in [3.63, 3.8) is 0 Å². The Balaban J connectivity index is 3.22. The van der Waals surface area contributed by atoms with Gasteiger partial charge in [0.2, 0.25) is 0 Å². The van der Waals surface area contributed by atoms with Crippen molar-refractivity contribution in [2.75, 3.05) is 14.2 Å². The molecule has 1 aromatic heterocycles. The second-order valence-corrected chi connectivity index (χ2v) is 3.01. The monoisotopic (exact) mass is 230 g/mol. The van der Waals surface area contributed by atoms with Gasteiger partial charge in [0, 0.05) is 26.0 Å². The molecule has 82 valence electrons. The van der Waals surface area contributed by atoms with E-state index in [0.29, 0.717) is 11.1 Å². The topological polar surface area (TPSA) is 63.9 Å². The van der Waals surface area contributed by atoms with Crippen molar-refractivity contribution in [2.45, 2.75) is 6.29 Å². The standard InChI is InChI=1S/C9H11ClN2O3/c1-14-9(15-2)7-6(5-12-13)3-4-11-8(7)10/h3-5,9,13H,1-2H3. The van der Waals surface area contributed by atoms with Gasteiger partial charge < -0.3 is 14.7 Å². The summed E-state index contributed by atoms with van der Waals surface area (Å²) in [5.41, 5.74) is 1.12. The first-order valence-electron chi connectivity index (χ1n) is 4.12. The van der Waals surface area contributed by atoms with Crippen LogP contribution in [0.25, 0.3) is 0 Å². The number of hydrogen-bond acceptors (Lipinski definition) is 5. The average molecular weight is 231 g/mol. The molecule has 1 heterocycles. The number of halogens is 1. The summed E-state index contributed by atoms with van der Waals surface area (Å²) < 4.78 is 10.1. The first kappa shape index (κ1) is 11.9. The van der Waals surface area contributed by atoms with E-state index >= 15 is 0 Å². The summed E-state index contributed by atoms with van der Waals surface area (Å²) in [4.78, 5) is 3.90. The highest BCUT2D eigenvalue weighted by Crippen LogP contribution is 2.26. The van der Waals surface area contributed by atoms with Crippen LogP contribution in [-0.4, -0.2) is 30.6 Å². The largest absolute Gasteiger partial charge is 0.411 e. The van der Waals surface area contributed by atoms with Gasteiger partial charge in [0.05, 0.1) is 11.8 Å². The Labute approximate surface area is 92.3 Å². The van der Waals surface area contributed by atoms with E-state index < -0.39 is 6.29 Å². The first-order chi connectivity index (χ1) is 7.24. The van der Waals surface area contributed by atoms with E-state index in [0.717, 1.165) is 0 Å². The molecule has 0 aliphatic rings. The Kier molecular flexibility index (Phi) is 4.48. The summed E-state index contributed by atoms with van der Waals surface area (Å²) in [5.74, 6) is 0. The van der Waals surface area contributed by atoms with Crippen LogP contribution in [0.5, 0.6) is 0 Å². The Hall–Kier alpha value is -1.17. The Morgan fingerprint density at radius 2 is 2.20 bits per heavy atom. The van der Waals surface area contributed by atoms with E-state index in [1.165, 1.54) is 26.6 Å². The van der Waals surface area contributed by atoms with Crippen molar-refractivity contribution in [3.8, 4) is 0 Å². The highest BCUT2D eigenvalue weighted by molar-refractivity contribution is 6.30. The molecule has 0 aliphatic heterocycles. The van der Waals surface area contributed by atoms with Crippen molar-refractivity contribution >= 4 is 17.8 Å². The van der Waals surface area contributed by atoms with Gasteiger partial charge in [-0.1, -0.05) is 16.8 Å². The maximum absolute atomic E-state index is 8.49. The highest BCUT2D eigenvalue weighted by Gasteiger charge is 2.17. The van der Waals surface area contributed by atoms with Gasteiger partial charge in [0.1, 0.15) is 5.15 Å². The summed E-state index contributed by atoms with van der Waals surface area (Å²) >= 11 is 5.90. The van der Waals surface area contributed by atoms with Gasteiger partial charge >= 0.3 is 0 Å². The van der Waals surface area contributed by atoms with E-state index in [-0.39, 0.29) is 5.15 Å². The summed E-state index contributed by atoms with van der Waals surface area (Å²) in [5, 5.41) is 11.7. The number of methoxy groups -OCH3 is 2. The molecule has 15 heavy (non-hydrogen) atoms. The number of ether oxygens (including phenoxy) is 2. The van der Waals surface area contributed by atoms with Gasteiger partial charge in [-0.25, -0.2) is 4.98 Å². The third kappa shape index (κ3) is 2.65. The predicted molar refractivity (Wildman–Crippen MR) is 55.4 cm³/mol. The van der Waals surface area contributed by atoms with Gasteiger partial charge in [-0.05, 0) is 6.07 Å². The molecule has 5 nitrogen and oxygen atoms in total. The number of aromatic nitrogens is 1. The van der Waals surface area contributed by atoms with Gasteiger partial charge in [0.15, 0.2) is 6.29 Å². The Bertz CT molecular complexity index is 353. The third-order valence-corrected chi connectivity index (χ3v) is 2.14. The molecule has 0 atom stereocenters. The van der Waals surface area contributed by atoms with Crippen molar-refractivity contribution in [1.29, 1.82) is 0 Å². The second-order valence-electron chi connectivity index (χ2n) is 2.65. The van der Waals surface area contributed by atoms with E-state index in [1.54, 1.807) is 6.07 Å². The fraction of sp³-hybridized carbons (Fsp3) is 0.333. The van der Waals surface area contributed by atoms with Crippen molar-refractivity contribution in [1.82, 2.24) is 4.98 Å². The zero-order chi connectivity index (χ0) is 11.3. The highest BCUT2D eigenvalue weighted by atomic mass is 35.5. The van der Waals surface area contributed by atoms with Crippen molar-refractivity contribution in [2.24, 2.45) is 5.16 Å². The van der Waals surface area contributed by atoms with Crippen LogP contribution in [0.1, 0.15) is 17.4 Å². The minimum atomic E-state index is -0.640.